The van der Waals surface area contributed by atoms with Crippen molar-refractivity contribution in [3.8, 4) is 17.1 Å². The highest BCUT2D eigenvalue weighted by Gasteiger charge is 2.50. The van der Waals surface area contributed by atoms with Crippen molar-refractivity contribution in [3.63, 3.8) is 0 Å². The zero-order chi connectivity index (χ0) is 75.8. The van der Waals surface area contributed by atoms with Gasteiger partial charge in [-0.2, -0.15) is 0 Å². The molecule has 564 valence electrons. The molecule has 5 fully saturated rings. The Morgan fingerprint density at radius 3 is 1.56 bits per heavy atom. The molecule has 12 heterocycles. The molecule has 2 amide bonds. The molecule has 28 heteroatoms. The molecule has 6 aromatic heterocycles. The van der Waals surface area contributed by atoms with Crippen molar-refractivity contribution in [3.05, 3.63) is 250 Å². The summed E-state index contributed by atoms with van der Waals surface area (Å²) in [6.45, 7) is 11.5. The monoisotopic (exact) mass is 1510 g/mol. The van der Waals surface area contributed by atoms with Gasteiger partial charge in [-0.15, -0.1) is 11.6 Å². The standard InChI is InChI=1S/C28H26FN5O2.C27H26ClFN4O4.C27H27FN6O3/c1-18-13-33(17-31-18)25-7-4-20(23-12-32-36-26(23)25)10-21-11-28(15-35-16-28)14-34-24(8-9-30-27(21)34)19-2-5-22(29)6-3-19;1-17-11-33(16-30-17)24-7-4-19(22-10-31-37-25(22)24)8-20(9-27(13-28)14-36-15-27)26(35)32-23(12-34)18-2-5-21(29)6-3-18;1-17-12-33(16-30-17)23-7-4-19(22-10-32-37-25(22)23)8-20-9-27(14-36-15-27)13-34(26(20)35)24(11-31-29)18-2-5-21(28)6-3-18/h2-7,10,12-13,17,24H,8-9,11,14-16H2,1H3;2-8,10-11,16,23,34H,9,12-15H2,1H3,(H,32,35);2-8,10,12,16,24,31H,9,11,13-15,29H2,1H3/b21-10+;2*20-8+. The normalized spacial score (nSPS) is 19.0. The second kappa shape index (κ2) is 30.7. The van der Waals surface area contributed by atoms with Gasteiger partial charge in [-0.25, -0.2) is 28.1 Å². The number of carbonyl (C=O) groups excluding carboxylic acids is 2. The van der Waals surface area contributed by atoms with Gasteiger partial charge in [0.15, 0.2) is 16.7 Å². The number of amides is 2. The summed E-state index contributed by atoms with van der Waals surface area (Å²) in [5.74, 6) is 5.70. The van der Waals surface area contributed by atoms with E-state index in [2.05, 4.69) is 58.2 Å². The fraction of sp³-hybridized carbons (Fsp3) is 0.305. The van der Waals surface area contributed by atoms with E-state index >= 15 is 0 Å². The van der Waals surface area contributed by atoms with Gasteiger partial charge in [-0.1, -0.05) is 70.1 Å². The first-order chi connectivity index (χ1) is 53.5. The van der Waals surface area contributed by atoms with E-state index in [1.807, 2.05) is 107 Å². The number of benzene rings is 6. The third-order valence-corrected chi connectivity index (χ3v) is 22.0. The van der Waals surface area contributed by atoms with E-state index in [1.165, 1.54) is 42.0 Å². The van der Waals surface area contributed by atoms with Crippen molar-refractivity contribution in [2.45, 2.75) is 64.6 Å². The number of hydrazine groups is 1. The SMILES string of the molecule is Cc1cn(-c2ccc(/C=C(\CC3(CCl)COC3)C(=O)NC(CO)c3ccc(F)cc3)c3cnoc23)cn1.Cc1cn(-c2ccc(/C=C3\CC4(COC4)CN(C(CNN)c4ccc(F)cc4)C3=O)c3cnoc23)cn1.Cc1cn(-c2ccc(/C=C3\CC4(COC4)CN4C3=NCCC4c3ccc(F)cc3)c3cnoc23)cn1. The number of hydrogen-bond donors (Lipinski definition) is 4. The third kappa shape index (κ3) is 14.7. The van der Waals surface area contributed by atoms with Crippen LogP contribution in [0.2, 0.25) is 0 Å². The van der Waals surface area contributed by atoms with Crippen molar-refractivity contribution in [2.75, 3.05) is 78.3 Å². The van der Waals surface area contributed by atoms with Gasteiger partial charge < -0.3 is 61.7 Å². The highest BCUT2D eigenvalue weighted by Crippen LogP contribution is 2.48. The number of amidine groups is 1. The van der Waals surface area contributed by atoms with Gasteiger partial charge in [0.05, 0.1) is 152 Å². The molecule has 3 atom stereocenters. The van der Waals surface area contributed by atoms with Crippen LogP contribution in [0.15, 0.2) is 201 Å². The molecular formula is C82H79ClF3N15O9. The molecule has 2 spiro atoms. The molecule has 110 heavy (non-hydrogen) atoms. The zero-order valence-electron chi connectivity index (χ0n) is 60.5. The molecule has 6 aromatic carbocycles. The van der Waals surface area contributed by atoms with Crippen LogP contribution in [0.25, 0.3) is 68.2 Å². The first-order valence-corrected chi connectivity index (χ1v) is 36.8. The smallest absolute Gasteiger partial charge is 0.250 e. The van der Waals surface area contributed by atoms with Gasteiger partial charge >= 0.3 is 0 Å². The van der Waals surface area contributed by atoms with Gasteiger partial charge in [-0.05, 0) is 158 Å². The summed E-state index contributed by atoms with van der Waals surface area (Å²) in [6.07, 6.45) is 24.8. The van der Waals surface area contributed by atoms with Gasteiger partial charge in [-0.3, -0.25) is 25.8 Å². The summed E-state index contributed by atoms with van der Waals surface area (Å²) in [4.78, 5) is 49.6. The number of nitrogens with one attached hydrogen (secondary N) is 2. The van der Waals surface area contributed by atoms with Crippen molar-refractivity contribution in [2.24, 2.45) is 27.1 Å². The van der Waals surface area contributed by atoms with Crippen LogP contribution in [0.5, 0.6) is 0 Å². The average Bonchev–Trinajstić information content (AvgIpc) is 0.902. The molecule has 6 aliphatic rings. The molecule has 24 nitrogen and oxygen atoms in total. The molecular weight excluding hydrogens is 1430 g/mol. The molecule has 18 rings (SSSR count). The Kier molecular flexibility index (Phi) is 20.4. The topological polar surface area (TPSA) is 283 Å². The van der Waals surface area contributed by atoms with Crippen molar-refractivity contribution in [1.29, 1.82) is 0 Å². The van der Waals surface area contributed by atoms with E-state index in [4.69, 9.17) is 50.2 Å². The number of carbonyl (C=O) groups is 2. The quantitative estimate of drug-likeness (QED) is 0.0269. The lowest BCUT2D eigenvalue weighted by Gasteiger charge is -2.53. The van der Waals surface area contributed by atoms with E-state index in [1.54, 1.807) is 67.9 Å². The van der Waals surface area contributed by atoms with E-state index in [0.717, 1.165) is 129 Å². The molecule has 5 saturated heterocycles. The van der Waals surface area contributed by atoms with Crippen LogP contribution in [0.1, 0.15) is 94.3 Å². The Balaban J connectivity index is 0.000000125. The van der Waals surface area contributed by atoms with Crippen LogP contribution < -0.4 is 16.6 Å². The number of rotatable bonds is 18. The van der Waals surface area contributed by atoms with Crippen LogP contribution in [-0.4, -0.2) is 155 Å². The highest BCUT2D eigenvalue weighted by molar-refractivity contribution is 6.18. The number of aryl methyl sites for hydroxylation is 3. The molecule has 6 aliphatic heterocycles. The first kappa shape index (κ1) is 73.0. The molecule has 0 bridgehead atoms. The van der Waals surface area contributed by atoms with E-state index in [0.29, 0.717) is 86.1 Å². The minimum atomic E-state index is -0.705. The third-order valence-electron chi connectivity index (χ3n) is 21.4. The summed E-state index contributed by atoms with van der Waals surface area (Å²) >= 11 is 6.28. The number of imidazole rings is 3. The number of halogens is 4. The Morgan fingerprint density at radius 1 is 0.627 bits per heavy atom. The number of hydrogen-bond acceptors (Lipinski definition) is 19. The van der Waals surface area contributed by atoms with Gasteiger partial charge in [0.25, 0.3) is 0 Å². The number of nitrogens with two attached hydrogens (primary N) is 1. The molecule has 3 unspecified atom stereocenters. The minimum Gasteiger partial charge on any atom is -0.394 e. The second-order valence-corrected chi connectivity index (χ2v) is 29.8. The lowest BCUT2D eigenvalue weighted by Crippen LogP contribution is -2.58. The van der Waals surface area contributed by atoms with Crippen molar-refractivity contribution in [1.82, 2.24) is 64.7 Å². The number of piperidine rings is 2. The number of aliphatic hydroxyl groups excluding tert-OH is 1. The van der Waals surface area contributed by atoms with Gasteiger partial charge in [0.2, 0.25) is 11.8 Å². The van der Waals surface area contributed by atoms with Gasteiger partial charge in [0.1, 0.15) is 23.3 Å². The minimum absolute atomic E-state index is 0.0719. The number of nitrogens with zero attached hydrogens (tertiary/aromatic N) is 12. The Morgan fingerprint density at radius 2 is 1.10 bits per heavy atom. The van der Waals surface area contributed by atoms with Crippen LogP contribution in [0.4, 0.5) is 13.2 Å². The maximum absolute atomic E-state index is 13.9. The van der Waals surface area contributed by atoms with Crippen molar-refractivity contribution < 1.29 is 55.6 Å². The number of alkyl halides is 1. The zero-order valence-corrected chi connectivity index (χ0v) is 61.3. The van der Waals surface area contributed by atoms with Crippen LogP contribution in [0.3, 0.4) is 0 Å². The maximum Gasteiger partial charge on any atom is 0.250 e. The summed E-state index contributed by atoms with van der Waals surface area (Å²) in [5, 5.41) is 27.5. The predicted octanol–water partition coefficient (Wildman–Crippen LogP) is 12.7. The molecule has 12 aromatic rings. The van der Waals surface area contributed by atoms with E-state index in [9.17, 15) is 27.9 Å². The molecule has 0 saturated carbocycles. The summed E-state index contributed by atoms with van der Waals surface area (Å²) in [6, 6.07) is 29.7. The second-order valence-electron chi connectivity index (χ2n) is 29.5. The molecule has 5 N–H and O–H groups in total. The van der Waals surface area contributed by atoms with E-state index in [-0.39, 0.29) is 58.4 Å². The first-order valence-electron chi connectivity index (χ1n) is 36.3. The number of likely N-dealkylation sites (tertiary alicyclic amines) is 1. The number of aliphatic imine (C=N–C) groups is 1. The van der Waals surface area contributed by atoms with Crippen LogP contribution in [0, 0.1) is 54.5 Å². The van der Waals surface area contributed by atoms with Crippen LogP contribution >= 0.6 is 11.6 Å². The number of aliphatic hydroxyl groups is 1. The Labute approximate surface area is 634 Å². The van der Waals surface area contributed by atoms with Crippen LogP contribution in [-0.2, 0) is 23.8 Å². The Bertz CT molecular complexity index is 5510. The molecule has 0 radical (unpaired) electrons. The molecule has 0 aliphatic carbocycles. The summed E-state index contributed by atoms with van der Waals surface area (Å²) in [7, 11) is 0. The highest BCUT2D eigenvalue weighted by atomic mass is 35.5. The largest absolute Gasteiger partial charge is 0.394 e. The maximum atomic E-state index is 13.9. The predicted molar refractivity (Wildman–Crippen MR) is 406 cm³/mol. The number of ether oxygens (including phenoxy) is 3. The average molecular weight is 1510 g/mol. The fourth-order valence-electron chi connectivity index (χ4n) is 15.6. The van der Waals surface area contributed by atoms with E-state index < -0.39 is 11.9 Å². The Hall–Kier alpha value is -11.2. The summed E-state index contributed by atoms with van der Waals surface area (Å²) < 4.78 is 79.9. The lowest BCUT2D eigenvalue weighted by molar-refractivity contribution is -0.159. The number of fused-ring (bicyclic) bond motifs is 4. The fourth-order valence-corrected chi connectivity index (χ4v) is 15.8. The van der Waals surface area contributed by atoms with Crippen molar-refractivity contribution >= 4 is 80.4 Å². The lowest BCUT2D eigenvalue weighted by atomic mass is 9.74. The van der Waals surface area contributed by atoms with Gasteiger partial charge in [0, 0.05) is 78.0 Å². The summed E-state index contributed by atoms with van der Waals surface area (Å²) in [5.41, 5.74) is 16.9. The number of aromatic nitrogens is 9.